The fraction of sp³-hybridized carbons (Fsp3) is 0.440. The summed E-state index contributed by atoms with van der Waals surface area (Å²) in [6.07, 6.45) is 4.23. The van der Waals surface area contributed by atoms with Crippen LogP contribution in [0.3, 0.4) is 0 Å². The maximum atomic E-state index is 12.3. The average Bonchev–Trinajstić information content (AvgIpc) is 3.77. The second-order valence-electron chi connectivity index (χ2n) is 8.39. The topological polar surface area (TPSA) is 101 Å². The molecule has 8 nitrogen and oxygen atoms in total. The van der Waals surface area contributed by atoms with Crippen LogP contribution >= 0.6 is 0 Å². The number of rotatable bonds is 12. The van der Waals surface area contributed by atoms with Gasteiger partial charge >= 0.3 is 25.2 Å². The molecule has 1 N–H and O–H groups in total. The number of carboxylic acid groups (broad SMARTS) is 1. The lowest BCUT2D eigenvalue weighted by Crippen LogP contribution is -2.08. The number of carbonyl (C=O) groups is 2. The molecule has 2 aromatic rings. The van der Waals surface area contributed by atoms with E-state index in [1.54, 1.807) is 0 Å². The third-order valence-corrected chi connectivity index (χ3v) is 5.33. The molecule has 0 unspecified atom stereocenters. The van der Waals surface area contributed by atoms with Gasteiger partial charge in [-0.05, 0) is 73.9 Å². The largest absolute Gasteiger partial charge is 0.489 e. The molecule has 2 saturated carbocycles. The van der Waals surface area contributed by atoms with Crippen molar-refractivity contribution >= 4 is 11.9 Å². The van der Waals surface area contributed by atoms with E-state index in [0.717, 1.165) is 25.7 Å². The Morgan fingerprint density at radius 1 is 0.784 bits per heavy atom. The number of alkyl halides is 4. The number of hydrogen-bond acceptors (Lipinski definition) is 7. The van der Waals surface area contributed by atoms with Gasteiger partial charge in [0, 0.05) is 0 Å². The van der Waals surface area contributed by atoms with Crippen molar-refractivity contribution in [3.8, 4) is 23.0 Å². The maximum Gasteiger partial charge on any atom is 0.387 e. The van der Waals surface area contributed by atoms with E-state index in [0.29, 0.717) is 25.0 Å². The van der Waals surface area contributed by atoms with Gasteiger partial charge in [-0.15, -0.1) is 0 Å². The molecule has 2 aromatic carbocycles. The first-order valence-corrected chi connectivity index (χ1v) is 11.4. The van der Waals surface area contributed by atoms with Gasteiger partial charge in [-0.25, -0.2) is 9.59 Å². The summed E-state index contributed by atoms with van der Waals surface area (Å²) < 4.78 is 72.9. The minimum Gasteiger partial charge on any atom is -0.489 e. The van der Waals surface area contributed by atoms with Crippen molar-refractivity contribution in [3.05, 3.63) is 47.5 Å². The van der Waals surface area contributed by atoms with Crippen molar-refractivity contribution in [1.29, 1.82) is 0 Å². The van der Waals surface area contributed by atoms with E-state index in [9.17, 15) is 27.2 Å². The van der Waals surface area contributed by atoms with Crippen molar-refractivity contribution in [2.45, 2.75) is 38.9 Å². The molecule has 2 aliphatic rings. The number of aromatic carboxylic acids is 1. The first-order valence-electron chi connectivity index (χ1n) is 11.4. The smallest absolute Gasteiger partial charge is 0.387 e. The number of halogens is 4. The van der Waals surface area contributed by atoms with Gasteiger partial charge in [-0.2, -0.15) is 17.6 Å². The highest BCUT2D eigenvalue weighted by atomic mass is 19.3. The van der Waals surface area contributed by atoms with Crippen LogP contribution in [-0.2, 0) is 4.74 Å². The lowest BCUT2D eigenvalue weighted by Gasteiger charge is -2.13. The molecule has 0 saturated heterocycles. The van der Waals surface area contributed by atoms with Crippen molar-refractivity contribution in [2.24, 2.45) is 11.8 Å². The Kier molecular flexibility index (Phi) is 9.81. The van der Waals surface area contributed by atoms with Gasteiger partial charge in [0.2, 0.25) is 0 Å². The highest BCUT2D eigenvalue weighted by molar-refractivity contribution is 5.90. The molecule has 0 bridgehead atoms. The molecule has 0 amide bonds. The molecule has 0 radical (unpaired) electrons. The first-order chi connectivity index (χ1) is 17.7. The molecule has 0 atom stereocenters. The summed E-state index contributed by atoms with van der Waals surface area (Å²) in [5, 5.41) is 8.83. The second-order valence-corrected chi connectivity index (χ2v) is 8.39. The molecule has 2 aliphatic carbocycles. The molecule has 37 heavy (non-hydrogen) atoms. The Bertz CT molecular complexity index is 1070. The van der Waals surface area contributed by atoms with Crippen LogP contribution < -0.4 is 18.9 Å². The lowest BCUT2D eigenvalue weighted by molar-refractivity contribution is -0.0521. The fourth-order valence-corrected chi connectivity index (χ4v) is 2.99. The Morgan fingerprint density at radius 2 is 1.22 bits per heavy atom. The van der Waals surface area contributed by atoms with Crippen LogP contribution in [0.5, 0.6) is 23.0 Å². The first kappa shape index (κ1) is 27.9. The van der Waals surface area contributed by atoms with Crippen molar-refractivity contribution < 1.29 is 55.9 Å². The zero-order valence-electron chi connectivity index (χ0n) is 19.8. The van der Waals surface area contributed by atoms with Crippen molar-refractivity contribution in [3.63, 3.8) is 0 Å². The van der Waals surface area contributed by atoms with Gasteiger partial charge in [-0.3, -0.25) is 0 Å². The molecule has 0 aliphatic heterocycles. The quantitative estimate of drug-likeness (QED) is 0.278. The predicted molar refractivity (Wildman–Crippen MR) is 121 cm³/mol. The number of carboxylic acids is 1. The SMILES string of the molecule is COC(=O)c1ccc(OC(F)F)c(OCC2CC2)c1.O=C(O)c1ccc(OC(F)F)c(OCC2CC2)c1. The third kappa shape index (κ3) is 9.36. The third-order valence-electron chi connectivity index (χ3n) is 5.33. The Labute approximate surface area is 210 Å². The van der Waals surface area contributed by atoms with Gasteiger partial charge in [0.15, 0.2) is 23.0 Å². The average molecular weight is 530 g/mol. The van der Waals surface area contributed by atoms with Crippen molar-refractivity contribution in [1.82, 2.24) is 0 Å². The molecule has 4 rings (SSSR count). The number of ether oxygens (including phenoxy) is 5. The van der Waals surface area contributed by atoms with Gasteiger partial charge in [0.05, 0.1) is 31.5 Å². The zero-order valence-corrected chi connectivity index (χ0v) is 19.8. The minimum atomic E-state index is -2.97. The standard InChI is InChI=1S/C13H14F2O4.C12H12F2O4/c1-17-12(16)9-4-5-10(19-13(14)15)11(6-9)18-7-8-2-3-8;13-12(14)18-9-4-3-8(11(15)16)5-10(9)17-6-7-1-2-7/h4-6,8,13H,2-3,7H2,1H3;3-5,7,12H,1-2,6H2,(H,15,16). The van der Waals surface area contributed by atoms with Crippen LogP contribution in [0.1, 0.15) is 46.4 Å². The summed E-state index contributed by atoms with van der Waals surface area (Å²) in [6, 6.07) is 7.56. The van der Waals surface area contributed by atoms with Crippen LogP contribution in [0.25, 0.3) is 0 Å². The van der Waals surface area contributed by atoms with Gasteiger partial charge in [0.1, 0.15) is 0 Å². The lowest BCUT2D eigenvalue weighted by atomic mass is 10.2. The monoisotopic (exact) mass is 530 g/mol. The summed E-state index contributed by atoms with van der Waals surface area (Å²) >= 11 is 0. The summed E-state index contributed by atoms with van der Waals surface area (Å²) in [7, 11) is 1.25. The molecule has 0 aromatic heterocycles. The Morgan fingerprint density at radius 3 is 1.59 bits per heavy atom. The summed E-state index contributed by atoms with van der Waals surface area (Å²) in [5.74, 6) is -0.857. The van der Waals surface area contributed by atoms with Gasteiger partial charge in [-0.1, -0.05) is 0 Å². The molecule has 2 fully saturated rings. The number of esters is 1. The summed E-state index contributed by atoms with van der Waals surface area (Å²) in [6.45, 7) is -5.08. The normalized spacial score (nSPS) is 14.5. The predicted octanol–water partition coefficient (Wildman–Crippen LogP) is 5.64. The van der Waals surface area contributed by atoms with Crippen molar-refractivity contribution in [2.75, 3.05) is 20.3 Å². The van der Waals surface area contributed by atoms with E-state index in [4.69, 9.17) is 14.6 Å². The number of hydrogen-bond donors (Lipinski definition) is 1. The second kappa shape index (κ2) is 13.0. The molecule has 0 heterocycles. The number of carbonyl (C=O) groups excluding carboxylic acids is 1. The maximum absolute atomic E-state index is 12.3. The molecule has 12 heteroatoms. The van der Waals surface area contributed by atoms with E-state index in [2.05, 4.69) is 14.2 Å². The molecule has 202 valence electrons. The highest BCUT2D eigenvalue weighted by Crippen LogP contribution is 2.35. The van der Waals surface area contributed by atoms with Crippen LogP contribution in [0, 0.1) is 11.8 Å². The molecule has 0 spiro atoms. The van der Waals surface area contributed by atoms with Gasteiger partial charge < -0.3 is 28.8 Å². The minimum absolute atomic E-state index is 0.0255. The van der Waals surface area contributed by atoms with Crippen LogP contribution in [0.15, 0.2) is 36.4 Å². The van der Waals surface area contributed by atoms with E-state index >= 15 is 0 Å². The summed E-state index contributed by atoms with van der Waals surface area (Å²) in [5.41, 5.74) is 0.206. The van der Waals surface area contributed by atoms with E-state index < -0.39 is 25.2 Å². The van der Waals surface area contributed by atoms with Gasteiger partial charge in [0.25, 0.3) is 0 Å². The fourth-order valence-electron chi connectivity index (χ4n) is 2.99. The Balaban J connectivity index is 0.000000206. The number of methoxy groups -OCH3 is 1. The molecular weight excluding hydrogens is 504 g/mol. The summed E-state index contributed by atoms with van der Waals surface area (Å²) in [4.78, 5) is 22.2. The van der Waals surface area contributed by atoms with Crippen LogP contribution in [0.2, 0.25) is 0 Å². The van der Waals surface area contributed by atoms with E-state index in [-0.39, 0.29) is 34.1 Å². The highest BCUT2D eigenvalue weighted by Gasteiger charge is 2.24. The van der Waals surface area contributed by atoms with Crippen LogP contribution in [-0.4, -0.2) is 50.6 Å². The molecular formula is C25H26F4O8. The number of benzene rings is 2. The van der Waals surface area contributed by atoms with Crippen LogP contribution in [0.4, 0.5) is 17.6 Å². The van der Waals surface area contributed by atoms with E-state index in [1.165, 1.54) is 43.5 Å². The Hall–Kier alpha value is -3.70. The van der Waals surface area contributed by atoms with E-state index in [1.807, 2.05) is 0 Å². The zero-order chi connectivity index (χ0) is 26.9.